The lowest BCUT2D eigenvalue weighted by Crippen LogP contribution is -2.08. The third-order valence-electron chi connectivity index (χ3n) is 2.09. The zero-order valence-corrected chi connectivity index (χ0v) is 11.0. The Hall–Kier alpha value is -0.380. The molecule has 0 heterocycles. The van der Waals surface area contributed by atoms with Crippen molar-refractivity contribution < 1.29 is 9.47 Å². The van der Waals surface area contributed by atoms with Crippen LogP contribution in [0.3, 0.4) is 0 Å². The molecule has 2 nitrogen and oxygen atoms in total. The number of benzene rings is 1. The number of hydrogen-bond donors (Lipinski definition) is 0. The fraction of sp³-hybridized carbons (Fsp3) is 0.500. The molecular formula is C12H17BrO2. The molecule has 0 saturated carbocycles. The van der Waals surface area contributed by atoms with E-state index in [0.717, 1.165) is 10.0 Å². The molecule has 0 spiro atoms. The predicted octanol–water partition coefficient (Wildman–Crippen LogP) is 3.83. The monoisotopic (exact) mass is 272 g/mol. The molecule has 0 radical (unpaired) electrons. The van der Waals surface area contributed by atoms with Crippen LogP contribution < -0.4 is 0 Å². The molecule has 0 saturated heterocycles. The maximum Gasteiger partial charge on any atom is 0.183 e. The molecule has 0 amide bonds. The van der Waals surface area contributed by atoms with E-state index in [0.29, 0.717) is 13.2 Å². The lowest BCUT2D eigenvalue weighted by molar-refractivity contribution is -0.140. The van der Waals surface area contributed by atoms with E-state index < -0.39 is 0 Å². The molecule has 3 heteroatoms. The lowest BCUT2D eigenvalue weighted by atomic mass is 10.1. The standard InChI is InChI=1S/C12H17BrO2/c1-4-14-12(15-5-2)10-6-7-11(13)9(3)8-10/h6-8,12H,4-5H2,1-3H3. The number of aryl methyl sites for hydroxylation is 1. The molecule has 0 unspecified atom stereocenters. The van der Waals surface area contributed by atoms with Crippen LogP contribution in [0, 0.1) is 6.92 Å². The molecule has 15 heavy (non-hydrogen) atoms. The van der Waals surface area contributed by atoms with Gasteiger partial charge in [-0.2, -0.15) is 0 Å². The molecule has 0 aliphatic rings. The maximum atomic E-state index is 5.53. The summed E-state index contributed by atoms with van der Waals surface area (Å²) in [4.78, 5) is 0. The fourth-order valence-corrected chi connectivity index (χ4v) is 1.60. The Bertz CT molecular complexity index is 306. The highest BCUT2D eigenvalue weighted by Gasteiger charge is 2.11. The van der Waals surface area contributed by atoms with Crippen LogP contribution in [0.5, 0.6) is 0 Å². The van der Waals surface area contributed by atoms with E-state index >= 15 is 0 Å². The Morgan fingerprint density at radius 1 is 1.20 bits per heavy atom. The second kappa shape index (κ2) is 6.26. The first-order valence-electron chi connectivity index (χ1n) is 5.18. The molecule has 1 aromatic carbocycles. The summed E-state index contributed by atoms with van der Waals surface area (Å²) in [6, 6.07) is 6.13. The zero-order valence-electron chi connectivity index (χ0n) is 9.42. The van der Waals surface area contributed by atoms with E-state index in [9.17, 15) is 0 Å². The van der Waals surface area contributed by atoms with Crippen molar-refractivity contribution in [3.63, 3.8) is 0 Å². The van der Waals surface area contributed by atoms with Gasteiger partial charge in [-0.3, -0.25) is 0 Å². The summed E-state index contributed by atoms with van der Waals surface area (Å²) < 4.78 is 12.2. The molecular weight excluding hydrogens is 256 g/mol. The largest absolute Gasteiger partial charge is 0.349 e. The van der Waals surface area contributed by atoms with Gasteiger partial charge >= 0.3 is 0 Å². The van der Waals surface area contributed by atoms with Crippen LogP contribution in [-0.2, 0) is 9.47 Å². The van der Waals surface area contributed by atoms with E-state index in [-0.39, 0.29) is 6.29 Å². The van der Waals surface area contributed by atoms with E-state index in [1.54, 1.807) is 0 Å². The highest BCUT2D eigenvalue weighted by molar-refractivity contribution is 9.10. The molecule has 0 N–H and O–H groups in total. The molecule has 0 atom stereocenters. The molecule has 0 bridgehead atoms. The molecule has 0 aliphatic heterocycles. The van der Waals surface area contributed by atoms with Crippen molar-refractivity contribution in [1.82, 2.24) is 0 Å². The molecule has 0 aromatic heterocycles. The Labute approximate surface area is 99.7 Å². The van der Waals surface area contributed by atoms with Crippen LogP contribution in [0.15, 0.2) is 22.7 Å². The third kappa shape index (κ3) is 3.59. The van der Waals surface area contributed by atoms with Crippen LogP contribution in [0.2, 0.25) is 0 Å². The van der Waals surface area contributed by atoms with E-state index in [2.05, 4.69) is 28.9 Å². The van der Waals surface area contributed by atoms with Gasteiger partial charge in [-0.25, -0.2) is 0 Å². The first kappa shape index (κ1) is 12.7. The van der Waals surface area contributed by atoms with Crippen LogP contribution in [0.1, 0.15) is 31.3 Å². The number of ether oxygens (including phenoxy) is 2. The Morgan fingerprint density at radius 2 is 1.80 bits per heavy atom. The van der Waals surface area contributed by atoms with Crippen LogP contribution in [0.4, 0.5) is 0 Å². The van der Waals surface area contributed by atoms with Crippen LogP contribution in [0.25, 0.3) is 0 Å². The second-order valence-electron chi connectivity index (χ2n) is 3.25. The van der Waals surface area contributed by atoms with Gasteiger partial charge in [0.1, 0.15) is 0 Å². The summed E-state index contributed by atoms with van der Waals surface area (Å²) in [5.74, 6) is 0. The smallest absolute Gasteiger partial charge is 0.183 e. The van der Waals surface area contributed by atoms with Crippen molar-refractivity contribution in [3.05, 3.63) is 33.8 Å². The molecule has 84 valence electrons. The van der Waals surface area contributed by atoms with Gasteiger partial charge in [0.15, 0.2) is 6.29 Å². The zero-order chi connectivity index (χ0) is 11.3. The molecule has 0 fully saturated rings. The quantitative estimate of drug-likeness (QED) is 0.759. The van der Waals surface area contributed by atoms with E-state index in [4.69, 9.17) is 9.47 Å². The van der Waals surface area contributed by atoms with Crippen molar-refractivity contribution in [2.24, 2.45) is 0 Å². The van der Waals surface area contributed by atoms with Crippen molar-refractivity contribution in [1.29, 1.82) is 0 Å². The summed E-state index contributed by atoms with van der Waals surface area (Å²) in [6.45, 7) is 7.30. The van der Waals surface area contributed by atoms with Crippen molar-refractivity contribution in [2.45, 2.75) is 27.1 Å². The fourth-order valence-electron chi connectivity index (χ4n) is 1.36. The summed E-state index contributed by atoms with van der Waals surface area (Å²) >= 11 is 3.47. The first-order valence-corrected chi connectivity index (χ1v) is 5.97. The van der Waals surface area contributed by atoms with Gasteiger partial charge in [0.25, 0.3) is 0 Å². The number of rotatable bonds is 5. The minimum Gasteiger partial charge on any atom is -0.349 e. The Morgan fingerprint density at radius 3 is 2.27 bits per heavy atom. The molecule has 1 rings (SSSR count). The first-order chi connectivity index (χ1) is 7.19. The Kier molecular flexibility index (Phi) is 5.29. The van der Waals surface area contributed by atoms with Gasteiger partial charge in [0.05, 0.1) is 0 Å². The van der Waals surface area contributed by atoms with Crippen LogP contribution >= 0.6 is 15.9 Å². The molecule has 1 aromatic rings. The average Bonchev–Trinajstić information content (AvgIpc) is 2.22. The summed E-state index contributed by atoms with van der Waals surface area (Å²) in [7, 11) is 0. The van der Waals surface area contributed by atoms with Gasteiger partial charge in [-0.05, 0) is 38.5 Å². The Balaban J connectivity index is 2.85. The maximum absolute atomic E-state index is 5.53. The summed E-state index contributed by atoms with van der Waals surface area (Å²) in [6.07, 6.45) is -0.244. The van der Waals surface area contributed by atoms with E-state index in [1.807, 2.05) is 26.0 Å². The van der Waals surface area contributed by atoms with Gasteiger partial charge < -0.3 is 9.47 Å². The van der Waals surface area contributed by atoms with Gasteiger partial charge in [0.2, 0.25) is 0 Å². The number of halogens is 1. The van der Waals surface area contributed by atoms with E-state index in [1.165, 1.54) is 5.56 Å². The topological polar surface area (TPSA) is 18.5 Å². The van der Waals surface area contributed by atoms with Crippen molar-refractivity contribution in [3.8, 4) is 0 Å². The normalized spacial score (nSPS) is 11.0. The summed E-state index contributed by atoms with van der Waals surface area (Å²) in [5, 5.41) is 0. The third-order valence-corrected chi connectivity index (χ3v) is 2.98. The summed E-state index contributed by atoms with van der Waals surface area (Å²) in [5.41, 5.74) is 2.26. The number of hydrogen-bond acceptors (Lipinski definition) is 2. The van der Waals surface area contributed by atoms with Crippen molar-refractivity contribution in [2.75, 3.05) is 13.2 Å². The van der Waals surface area contributed by atoms with Gasteiger partial charge in [-0.15, -0.1) is 0 Å². The molecule has 0 aliphatic carbocycles. The minimum atomic E-state index is -0.244. The highest BCUT2D eigenvalue weighted by atomic mass is 79.9. The SMILES string of the molecule is CCOC(OCC)c1ccc(Br)c(C)c1. The van der Waals surface area contributed by atoms with Crippen molar-refractivity contribution >= 4 is 15.9 Å². The minimum absolute atomic E-state index is 0.244. The average molecular weight is 273 g/mol. The highest BCUT2D eigenvalue weighted by Crippen LogP contribution is 2.24. The second-order valence-corrected chi connectivity index (χ2v) is 4.11. The lowest BCUT2D eigenvalue weighted by Gasteiger charge is -2.17. The van der Waals surface area contributed by atoms with Gasteiger partial charge in [0, 0.05) is 23.2 Å². The predicted molar refractivity (Wildman–Crippen MR) is 64.9 cm³/mol. The van der Waals surface area contributed by atoms with Gasteiger partial charge in [-0.1, -0.05) is 22.0 Å². The van der Waals surface area contributed by atoms with Crippen LogP contribution in [-0.4, -0.2) is 13.2 Å².